The average molecular weight is 339 g/mol. The second kappa shape index (κ2) is 6.48. The molecule has 0 amide bonds. The Bertz CT molecular complexity index is 734. The van der Waals surface area contributed by atoms with Gasteiger partial charge in [0, 0.05) is 23.6 Å². The molecule has 22 heavy (non-hydrogen) atoms. The standard InChI is InChI=1S/C13H13N3O4S2/c14-7-11(12(17)8-1-2-8)13(18)21-16-9-3-5-10(6-4-9)22(15,19)20/h3-6,8,11,16H,1-2H2,(H2,15,19,20). The molecule has 9 heteroatoms. The van der Waals surface area contributed by atoms with Crippen molar-refractivity contribution in [3.63, 3.8) is 0 Å². The highest BCUT2D eigenvalue weighted by molar-refractivity contribution is 8.14. The first-order chi connectivity index (χ1) is 10.3. The summed E-state index contributed by atoms with van der Waals surface area (Å²) in [4.78, 5) is 23.6. The summed E-state index contributed by atoms with van der Waals surface area (Å²) in [6, 6.07) is 7.18. The SMILES string of the molecule is N#CC(C(=O)SNc1ccc(S(N)(=O)=O)cc1)C(=O)C1CC1. The van der Waals surface area contributed by atoms with Gasteiger partial charge < -0.3 is 4.72 Å². The van der Waals surface area contributed by atoms with Crippen LogP contribution in [0.15, 0.2) is 29.2 Å². The molecule has 0 bridgehead atoms. The van der Waals surface area contributed by atoms with Gasteiger partial charge in [0.2, 0.25) is 15.1 Å². The second-order valence-electron chi connectivity index (χ2n) is 4.83. The summed E-state index contributed by atoms with van der Waals surface area (Å²) in [6.45, 7) is 0. The summed E-state index contributed by atoms with van der Waals surface area (Å²) in [5.74, 6) is -1.76. The van der Waals surface area contributed by atoms with Crippen molar-refractivity contribution in [1.29, 1.82) is 5.26 Å². The average Bonchev–Trinajstić information content (AvgIpc) is 3.30. The van der Waals surface area contributed by atoms with E-state index in [4.69, 9.17) is 10.4 Å². The first-order valence-electron chi connectivity index (χ1n) is 6.36. The predicted molar refractivity (Wildman–Crippen MR) is 80.9 cm³/mol. The van der Waals surface area contributed by atoms with Crippen LogP contribution in [0.25, 0.3) is 0 Å². The molecular formula is C13H13N3O4S2. The maximum Gasteiger partial charge on any atom is 0.238 e. The number of carbonyl (C=O) groups excluding carboxylic acids is 2. The number of hydrogen-bond donors (Lipinski definition) is 2. The number of ketones is 1. The minimum atomic E-state index is -3.77. The smallest absolute Gasteiger partial charge is 0.238 e. The van der Waals surface area contributed by atoms with E-state index >= 15 is 0 Å². The minimum absolute atomic E-state index is 0.0480. The van der Waals surface area contributed by atoms with Crippen molar-refractivity contribution in [2.24, 2.45) is 17.0 Å². The highest BCUT2D eigenvalue weighted by atomic mass is 32.2. The van der Waals surface area contributed by atoms with Gasteiger partial charge in [-0.3, -0.25) is 9.59 Å². The molecule has 1 aromatic carbocycles. The number of hydrogen-bond acceptors (Lipinski definition) is 7. The lowest BCUT2D eigenvalue weighted by Gasteiger charge is -2.08. The molecule has 116 valence electrons. The van der Waals surface area contributed by atoms with Crippen LogP contribution in [0, 0.1) is 23.2 Å². The van der Waals surface area contributed by atoms with E-state index in [0.29, 0.717) is 17.6 Å². The molecule has 7 nitrogen and oxygen atoms in total. The Morgan fingerprint density at radius 2 is 1.91 bits per heavy atom. The van der Waals surface area contributed by atoms with E-state index < -0.39 is 21.1 Å². The van der Waals surface area contributed by atoms with E-state index in [9.17, 15) is 18.0 Å². The Balaban J connectivity index is 1.96. The Kier molecular flexibility index (Phi) is 4.85. The van der Waals surface area contributed by atoms with Crippen LogP contribution in [-0.2, 0) is 19.6 Å². The number of primary sulfonamides is 1. The molecule has 1 aliphatic carbocycles. The quantitative estimate of drug-likeness (QED) is 0.585. The molecule has 0 aromatic heterocycles. The van der Waals surface area contributed by atoms with Crippen LogP contribution in [0.3, 0.4) is 0 Å². The van der Waals surface area contributed by atoms with E-state index in [2.05, 4.69) is 4.72 Å². The Hall–Kier alpha value is -1.89. The predicted octanol–water partition coefficient (Wildman–Crippen LogP) is 1.04. The zero-order valence-electron chi connectivity index (χ0n) is 11.4. The third kappa shape index (κ3) is 4.07. The fourth-order valence-corrected chi connectivity index (χ4v) is 2.87. The molecule has 1 aromatic rings. The molecule has 0 radical (unpaired) electrons. The summed E-state index contributed by atoms with van der Waals surface area (Å²) < 4.78 is 24.9. The van der Waals surface area contributed by atoms with E-state index in [1.165, 1.54) is 24.3 Å². The maximum atomic E-state index is 11.9. The maximum absolute atomic E-state index is 11.9. The number of nitrogens with two attached hydrogens (primary N) is 1. The number of nitriles is 1. The highest BCUT2D eigenvalue weighted by Gasteiger charge is 2.38. The van der Waals surface area contributed by atoms with Gasteiger partial charge in [0.05, 0.1) is 11.0 Å². The van der Waals surface area contributed by atoms with Gasteiger partial charge in [0.1, 0.15) is 0 Å². The molecule has 1 fully saturated rings. The zero-order valence-corrected chi connectivity index (χ0v) is 13.0. The molecule has 1 saturated carbocycles. The van der Waals surface area contributed by atoms with Gasteiger partial charge in [0.25, 0.3) is 0 Å². The summed E-state index contributed by atoms with van der Waals surface area (Å²) in [6.07, 6.45) is 1.47. The van der Waals surface area contributed by atoms with Gasteiger partial charge in [-0.1, -0.05) is 0 Å². The normalized spacial score (nSPS) is 15.6. The molecule has 1 aliphatic rings. The van der Waals surface area contributed by atoms with Crippen LogP contribution in [0.4, 0.5) is 5.69 Å². The van der Waals surface area contributed by atoms with Crippen molar-refractivity contribution >= 4 is 38.6 Å². The topological polar surface area (TPSA) is 130 Å². The third-order valence-electron chi connectivity index (χ3n) is 3.08. The van der Waals surface area contributed by atoms with Crippen LogP contribution >= 0.6 is 11.9 Å². The van der Waals surface area contributed by atoms with Gasteiger partial charge in [-0.15, -0.1) is 0 Å². The molecule has 0 aliphatic heterocycles. The lowest BCUT2D eigenvalue weighted by atomic mass is 10.0. The van der Waals surface area contributed by atoms with Crippen molar-refractivity contribution in [1.82, 2.24) is 0 Å². The second-order valence-corrected chi connectivity index (χ2v) is 7.20. The Labute approximate surface area is 132 Å². The Morgan fingerprint density at radius 3 is 2.36 bits per heavy atom. The number of nitrogens with one attached hydrogen (secondary N) is 1. The molecule has 0 heterocycles. The van der Waals surface area contributed by atoms with E-state index in [0.717, 1.165) is 12.8 Å². The van der Waals surface area contributed by atoms with E-state index in [1.54, 1.807) is 6.07 Å². The summed E-state index contributed by atoms with van der Waals surface area (Å²) in [7, 11) is -3.77. The number of nitrogens with zero attached hydrogens (tertiary/aromatic N) is 1. The van der Waals surface area contributed by atoms with Crippen LogP contribution in [-0.4, -0.2) is 19.3 Å². The van der Waals surface area contributed by atoms with Crippen molar-refractivity contribution in [2.45, 2.75) is 17.7 Å². The van der Waals surface area contributed by atoms with E-state index in [-0.39, 0.29) is 16.6 Å². The molecule has 0 spiro atoms. The lowest BCUT2D eigenvalue weighted by Crippen LogP contribution is -2.22. The van der Waals surface area contributed by atoms with E-state index in [1.807, 2.05) is 0 Å². The van der Waals surface area contributed by atoms with Gasteiger partial charge >= 0.3 is 0 Å². The number of benzene rings is 1. The third-order valence-corrected chi connectivity index (χ3v) is 4.79. The molecular weight excluding hydrogens is 326 g/mol. The van der Waals surface area contributed by atoms with Crippen LogP contribution in [0.2, 0.25) is 0 Å². The van der Waals surface area contributed by atoms with Gasteiger partial charge in [-0.2, -0.15) is 5.26 Å². The highest BCUT2D eigenvalue weighted by Crippen LogP contribution is 2.33. The molecule has 1 atom stereocenters. The van der Waals surface area contributed by atoms with Crippen molar-refractivity contribution in [2.75, 3.05) is 4.72 Å². The first kappa shape index (κ1) is 16.5. The number of Topliss-reactive ketones (excluding diaryl/α,β-unsaturated/α-hetero) is 1. The zero-order chi connectivity index (χ0) is 16.3. The Morgan fingerprint density at radius 1 is 1.32 bits per heavy atom. The van der Waals surface area contributed by atoms with Crippen molar-refractivity contribution < 1.29 is 18.0 Å². The molecule has 3 N–H and O–H groups in total. The monoisotopic (exact) mass is 339 g/mol. The summed E-state index contributed by atoms with van der Waals surface area (Å²) >= 11 is 0.636. The van der Waals surface area contributed by atoms with Gasteiger partial charge in [0.15, 0.2) is 11.7 Å². The molecule has 0 saturated heterocycles. The fourth-order valence-electron chi connectivity index (χ4n) is 1.72. The number of sulfonamides is 1. The number of rotatable bonds is 6. The van der Waals surface area contributed by atoms with Crippen molar-refractivity contribution in [3.05, 3.63) is 24.3 Å². The van der Waals surface area contributed by atoms with Gasteiger partial charge in [-0.25, -0.2) is 13.6 Å². The van der Waals surface area contributed by atoms with Crippen LogP contribution < -0.4 is 9.86 Å². The lowest BCUT2D eigenvalue weighted by molar-refractivity contribution is -0.127. The summed E-state index contributed by atoms with van der Waals surface area (Å²) in [5, 5.41) is 13.4. The van der Waals surface area contributed by atoms with Gasteiger partial charge in [-0.05, 0) is 37.1 Å². The minimum Gasteiger partial charge on any atom is -0.323 e. The summed E-state index contributed by atoms with van der Waals surface area (Å²) in [5.41, 5.74) is 0.460. The molecule has 2 rings (SSSR count). The fraction of sp³-hybridized carbons (Fsp3) is 0.308. The number of carbonyl (C=O) groups is 2. The number of anilines is 1. The van der Waals surface area contributed by atoms with Crippen LogP contribution in [0.5, 0.6) is 0 Å². The van der Waals surface area contributed by atoms with Crippen molar-refractivity contribution in [3.8, 4) is 6.07 Å². The molecule has 1 unspecified atom stereocenters. The first-order valence-corrected chi connectivity index (χ1v) is 8.72. The largest absolute Gasteiger partial charge is 0.323 e. The van der Waals surface area contributed by atoms with Crippen LogP contribution in [0.1, 0.15) is 12.8 Å².